The number of para-hydroxylation sites is 1. The van der Waals surface area contributed by atoms with Crippen LogP contribution in [-0.4, -0.2) is 16.5 Å². The third-order valence-electron chi connectivity index (χ3n) is 4.22. The van der Waals surface area contributed by atoms with Crippen molar-refractivity contribution < 1.29 is 0 Å². The van der Waals surface area contributed by atoms with E-state index in [1.54, 1.807) is 0 Å². The molecule has 0 unspecified atom stereocenters. The molecule has 1 aromatic heterocycles. The third-order valence-corrected chi connectivity index (χ3v) is 4.22. The minimum absolute atomic E-state index is 0.709. The minimum atomic E-state index is 0.709. The summed E-state index contributed by atoms with van der Waals surface area (Å²) in [5.74, 6) is 1.58. The van der Waals surface area contributed by atoms with Gasteiger partial charge in [0.05, 0.1) is 6.54 Å². The Kier molecular flexibility index (Phi) is 6.59. The van der Waals surface area contributed by atoms with Gasteiger partial charge in [0.25, 0.3) is 0 Å². The largest absolute Gasteiger partial charge is 0.370 e. The van der Waals surface area contributed by atoms with Crippen molar-refractivity contribution in [3.63, 3.8) is 0 Å². The van der Waals surface area contributed by atoms with Crippen molar-refractivity contribution in [3.05, 3.63) is 78.5 Å². The number of benzene rings is 2. The first-order chi connectivity index (χ1) is 12.9. The van der Waals surface area contributed by atoms with Crippen LogP contribution in [0.25, 0.3) is 0 Å². The Morgan fingerprint density at radius 2 is 1.62 bits per heavy atom. The normalized spacial score (nSPS) is 10.5. The van der Waals surface area contributed by atoms with Crippen LogP contribution in [0.4, 0.5) is 17.5 Å². The highest BCUT2D eigenvalue weighted by Crippen LogP contribution is 2.25. The highest BCUT2D eigenvalue weighted by atomic mass is 15.3. The number of nitrogens with one attached hydrogen (secondary N) is 1. The quantitative estimate of drug-likeness (QED) is 0.525. The summed E-state index contributed by atoms with van der Waals surface area (Å²) >= 11 is 0. The van der Waals surface area contributed by atoms with Crippen LogP contribution in [0.5, 0.6) is 0 Å². The van der Waals surface area contributed by atoms with E-state index >= 15 is 0 Å². The van der Waals surface area contributed by atoms with E-state index in [0.717, 1.165) is 31.0 Å². The van der Waals surface area contributed by atoms with Crippen molar-refractivity contribution in [2.75, 3.05) is 16.8 Å². The van der Waals surface area contributed by atoms with E-state index in [0.29, 0.717) is 5.95 Å². The van der Waals surface area contributed by atoms with Crippen molar-refractivity contribution in [2.45, 2.75) is 32.7 Å². The molecule has 26 heavy (non-hydrogen) atoms. The lowest BCUT2D eigenvalue weighted by Gasteiger charge is -2.23. The molecular formula is C22H26N4. The fourth-order valence-electron chi connectivity index (χ4n) is 2.82. The molecule has 1 heterocycles. The Bertz CT molecular complexity index is 774. The van der Waals surface area contributed by atoms with E-state index in [9.17, 15) is 0 Å². The molecule has 0 aliphatic rings. The summed E-state index contributed by atoms with van der Waals surface area (Å²) in [7, 11) is 0. The summed E-state index contributed by atoms with van der Waals surface area (Å²) < 4.78 is 0. The van der Waals surface area contributed by atoms with E-state index in [1.165, 1.54) is 18.4 Å². The van der Waals surface area contributed by atoms with Crippen LogP contribution >= 0.6 is 0 Å². The van der Waals surface area contributed by atoms with Gasteiger partial charge >= 0.3 is 0 Å². The van der Waals surface area contributed by atoms with Crippen molar-refractivity contribution in [2.24, 2.45) is 0 Å². The molecule has 2 aromatic carbocycles. The zero-order chi connectivity index (χ0) is 18.0. The number of anilines is 3. The fraction of sp³-hybridized carbons (Fsp3) is 0.273. The Morgan fingerprint density at radius 1 is 0.885 bits per heavy atom. The monoisotopic (exact) mass is 346 g/mol. The second-order valence-corrected chi connectivity index (χ2v) is 6.28. The first-order valence-electron chi connectivity index (χ1n) is 9.30. The average Bonchev–Trinajstić information content (AvgIpc) is 2.71. The van der Waals surface area contributed by atoms with E-state index in [-0.39, 0.29) is 0 Å². The minimum Gasteiger partial charge on any atom is -0.370 e. The highest BCUT2D eigenvalue weighted by Gasteiger charge is 2.13. The maximum atomic E-state index is 4.75. The molecule has 0 amide bonds. The van der Waals surface area contributed by atoms with Gasteiger partial charge in [-0.05, 0) is 30.2 Å². The second kappa shape index (κ2) is 9.56. The fourth-order valence-corrected chi connectivity index (χ4v) is 2.82. The summed E-state index contributed by atoms with van der Waals surface area (Å²) in [6, 6.07) is 22.6. The molecule has 0 fully saturated rings. The summed E-state index contributed by atoms with van der Waals surface area (Å²) in [4.78, 5) is 11.4. The summed E-state index contributed by atoms with van der Waals surface area (Å²) in [5.41, 5.74) is 2.31. The molecule has 0 aliphatic carbocycles. The van der Waals surface area contributed by atoms with Crippen molar-refractivity contribution >= 4 is 17.5 Å². The van der Waals surface area contributed by atoms with Crippen LogP contribution in [0.1, 0.15) is 31.7 Å². The van der Waals surface area contributed by atoms with Gasteiger partial charge in [-0.1, -0.05) is 68.3 Å². The number of unbranched alkanes of at least 4 members (excludes halogenated alkanes) is 2. The highest BCUT2D eigenvalue weighted by molar-refractivity contribution is 5.58. The summed E-state index contributed by atoms with van der Waals surface area (Å²) in [5, 5.41) is 3.41. The molecular weight excluding hydrogens is 320 g/mol. The molecule has 0 radical (unpaired) electrons. The standard InChI is InChI=1S/C22H26N4/c1-2-3-10-16-23-21-15-17-24-22(25-21)26(20-13-8-5-9-14-20)18-19-11-6-4-7-12-19/h4-9,11-15,17H,2-3,10,16,18H2,1H3,(H,23,24,25). The van der Waals surface area contributed by atoms with Crippen LogP contribution in [0.15, 0.2) is 72.9 Å². The lowest BCUT2D eigenvalue weighted by molar-refractivity contribution is 0.742. The van der Waals surface area contributed by atoms with Crippen molar-refractivity contribution in [1.82, 2.24) is 9.97 Å². The number of hydrogen-bond donors (Lipinski definition) is 1. The molecule has 0 aliphatic heterocycles. The molecule has 0 bridgehead atoms. The van der Waals surface area contributed by atoms with Gasteiger partial charge < -0.3 is 10.2 Å². The molecule has 0 saturated heterocycles. The van der Waals surface area contributed by atoms with Gasteiger partial charge in [0.1, 0.15) is 5.82 Å². The van der Waals surface area contributed by atoms with Crippen molar-refractivity contribution in [1.29, 1.82) is 0 Å². The van der Waals surface area contributed by atoms with E-state index in [4.69, 9.17) is 4.98 Å². The molecule has 3 aromatic rings. The van der Waals surface area contributed by atoms with Crippen LogP contribution < -0.4 is 10.2 Å². The lowest BCUT2D eigenvalue weighted by Crippen LogP contribution is -2.19. The Balaban J connectivity index is 1.82. The second-order valence-electron chi connectivity index (χ2n) is 6.28. The number of aromatic nitrogens is 2. The van der Waals surface area contributed by atoms with Gasteiger partial charge in [-0.15, -0.1) is 0 Å². The van der Waals surface area contributed by atoms with Crippen molar-refractivity contribution in [3.8, 4) is 0 Å². The van der Waals surface area contributed by atoms with Gasteiger partial charge in [0.2, 0.25) is 5.95 Å². The average molecular weight is 346 g/mol. The predicted octanol–water partition coefficient (Wildman–Crippen LogP) is 5.42. The molecule has 1 N–H and O–H groups in total. The third kappa shape index (κ3) is 5.06. The molecule has 0 spiro atoms. The lowest BCUT2D eigenvalue weighted by atomic mass is 10.2. The van der Waals surface area contributed by atoms with Gasteiger partial charge in [0.15, 0.2) is 0 Å². The molecule has 4 nitrogen and oxygen atoms in total. The van der Waals surface area contributed by atoms with Crippen LogP contribution in [0.3, 0.4) is 0 Å². The smallest absolute Gasteiger partial charge is 0.232 e. The van der Waals surface area contributed by atoms with E-state index < -0.39 is 0 Å². The number of nitrogens with zero attached hydrogens (tertiary/aromatic N) is 3. The van der Waals surface area contributed by atoms with Crippen LogP contribution in [-0.2, 0) is 6.54 Å². The SMILES string of the molecule is CCCCCNc1ccnc(N(Cc2ccccc2)c2ccccc2)n1. The molecule has 4 heteroatoms. The zero-order valence-electron chi connectivity index (χ0n) is 15.3. The van der Waals surface area contributed by atoms with Gasteiger partial charge in [0, 0.05) is 18.4 Å². The summed E-state index contributed by atoms with van der Waals surface area (Å²) in [6.07, 6.45) is 5.43. The first-order valence-corrected chi connectivity index (χ1v) is 9.30. The maximum Gasteiger partial charge on any atom is 0.232 e. The zero-order valence-corrected chi connectivity index (χ0v) is 15.3. The predicted molar refractivity (Wildman–Crippen MR) is 109 cm³/mol. The van der Waals surface area contributed by atoms with Gasteiger partial charge in [-0.2, -0.15) is 4.98 Å². The number of rotatable bonds is 9. The molecule has 0 saturated carbocycles. The number of hydrogen-bond acceptors (Lipinski definition) is 4. The summed E-state index contributed by atoms with van der Waals surface area (Å²) in [6.45, 7) is 3.88. The molecule has 0 atom stereocenters. The Hall–Kier alpha value is -2.88. The van der Waals surface area contributed by atoms with E-state index in [1.807, 2.05) is 36.5 Å². The maximum absolute atomic E-state index is 4.75. The van der Waals surface area contributed by atoms with Crippen LogP contribution in [0.2, 0.25) is 0 Å². The van der Waals surface area contributed by atoms with Gasteiger partial charge in [-0.25, -0.2) is 4.98 Å². The Morgan fingerprint density at radius 3 is 2.35 bits per heavy atom. The van der Waals surface area contributed by atoms with Crippen LogP contribution in [0, 0.1) is 0 Å². The first kappa shape index (κ1) is 17.9. The topological polar surface area (TPSA) is 41.1 Å². The molecule has 3 rings (SSSR count). The van der Waals surface area contributed by atoms with Gasteiger partial charge in [-0.3, -0.25) is 0 Å². The van der Waals surface area contributed by atoms with E-state index in [2.05, 4.69) is 58.5 Å². The molecule has 134 valence electrons. The Labute approximate surface area is 155 Å².